The molecule has 2 aromatic carbocycles. The molecule has 0 radical (unpaired) electrons. The van der Waals surface area contributed by atoms with Crippen LogP contribution in [0, 0.1) is 5.92 Å². The minimum atomic E-state index is -3.60. The summed E-state index contributed by atoms with van der Waals surface area (Å²) in [7, 11) is 1.22. The monoisotopic (exact) mass is 761 g/mol. The molecule has 0 unspecified atom stereocenters. The van der Waals surface area contributed by atoms with Crippen molar-refractivity contribution in [2.75, 3.05) is 58.9 Å². The molecule has 0 aliphatic carbocycles. The van der Waals surface area contributed by atoms with Crippen LogP contribution in [-0.2, 0) is 29.1 Å². The number of aliphatic carboxylic acids is 2. The fourth-order valence-electron chi connectivity index (χ4n) is 6.25. The zero-order valence-corrected chi connectivity index (χ0v) is 32.4. The number of sulfonamides is 1. The maximum atomic E-state index is 13.2. The van der Waals surface area contributed by atoms with Crippen molar-refractivity contribution in [2.24, 2.45) is 5.92 Å². The van der Waals surface area contributed by atoms with Gasteiger partial charge in [0.2, 0.25) is 10.0 Å². The lowest BCUT2D eigenvalue weighted by atomic mass is 9.94. The highest BCUT2D eigenvalue weighted by atomic mass is 32.2. The molecule has 4 rings (SSSR count). The molecule has 0 bridgehead atoms. The molecule has 2 aromatic rings. The maximum absolute atomic E-state index is 13.2. The second kappa shape index (κ2) is 21.8. The molecule has 2 N–H and O–H groups in total. The van der Waals surface area contributed by atoms with Crippen molar-refractivity contribution in [3.8, 4) is 5.75 Å². The van der Waals surface area contributed by atoms with Gasteiger partial charge in [0.15, 0.2) is 0 Å². The Morgan fingerprint density at radius 3 is 2.25 bits per heavy atom. The Morgan fingerprint density at radius 1 is 0.942 bits per heavy atom. The van der Waals surface area contributed by atoms with Crippen LogP contribution >= 0.6 is 11.8 Å². The van der Waals surface area contributed by atoms with Crippen molar-refractivity contribution in [1.82, 2.24) is 9.21 Å². The Bertz CT molecular complexity index is 1580. The van der Waals surface area contributed by atoms with Crippen molar-refractivity contribution in [3.63, 3.8) is 0 Å². The number of allylic oxidation sites excluding steroid dienone is 1. The number of carbonyl (C=O) groups excluding carboxylic acids is 1. The minimum Gasteiger partial charge on any atom is -0.497 e. The van der Waals surface area contributed by atoms with E-state index in [9.17, 15) is 13.2 Å². The second-order valence-corrected chi connectivity index (χ2v) is 16.4. The third-order valence-corrected chi connectivity index (χ3v) is 12.4. The quantitative estimate of drug-likeness (QED) is 0.0653. The number of ether oxygens (including phenoxy) is 2. The molecule has 2 aliphatic rings. The molecular formula is C38H55N3O9S2. The summed E-state index contributed by atoms with van der Waals surface area (Å²) in [6, 6.07) is 11.5. The van der Waals surface area contributed by atoms with Crippen molar-refractivity contribution >= 4 is 51.1 Å². The number of hydrogen-bond acceptors (Lipinski definition) is 10. The van der Waals surface area contributed by atoms with Gasteiger partial charge in [0.25, 0.3) is 0 Å². The topological polar surface area (TPSA) is 154 Å². The van der Waals surface area contributed by atoms with Crippen molar-refractivity contribution in [2.45, 2.75) is 91.7 Å². The van der Waals surface area contributed by atoms with Crippen LogP contribution in [0.3, 0.4) is 0 Å². The average Bonchev–Trinajstić information content (AvgIpc) is 3.12. The predicted octanol–water partition coefficient (Wildman–Crippen LogP) is 7.05. The van der Waals surface area contributed by atoms with E-state index in [0.29, 0.717) is 23.8 Å². The first-order valence-corrected chi connectivity index (χ1v) is 20.3. The first-order valence-electron chi connectivity index (χ1n) is 18.0. The van der Waals surface area contributed by atoms with Crippen LogP contribution in [0.25, 0.3) is 0 Å². The van der Waals surface area contributed by atoms with Crippen molar-refractivity contribution < 1.29 is 42.5 Å². The Kier molecular flexibility index (Phi) is 18.0. The molecule has 288 valence electrons. The SMILES string of the molecule is C=CCCCCCCCCC(=O)OCCC1CCN(CCCN2c3cc(OC)ccc3Sc3c2cccc3S(=O)(=O)N(C)C)CC1.O=C(O)C(=O)O. The molecule has 52 heavy (non-hydrogen) atoms. The molecule has 12 nitrogen and oxygen atoms in total. The maximum Gasteiger partial charge on any atom is 0.414 e. The molecule has 1 saturated heterocycles. The van der Waals surface area contributed by atoms with Crippen LogP contribution < -0.4 is 9.64 Å². The summed E-state index contributed by atoms with van der Waals surface area (Å²) in [5.74, 6) is -2.32. The van der Waals surface area contributed by atoms with Crippen LogP contribution in [0.2, 0.25) is 0 Å². The normalized spacial score (nSPS) is 14.5. The fourth-order valence-corrected chi connectivity index (χ4v) is 8.75. The lowest BCUT2D eigenvalue weighted by molar-refractivity contribution is -0.159. The zero-order valence-electron chi connectivity index (χ0n) is 30.8. The number of anilines is 2. The van der Waals surface area contributed by atoms with Gasteiger partial charge in [0, 0.05) is 38.0 Å². The van der Waals surface area contributed by atoms with E-state index in [2.05, 4.69) is 16.4 Å². The Balaban J connectivity index is 0.00000112. The molecular weight excluding hydrogens is 707 g/mol. The Hall–Kier alpha value is -3.59. The number of carboxylic acid groups (broad SMARTS) is 2. The molecule has 14 heteroatoms. The van der Waals surface area contributed by atoms with Crippen molar-refractivity contribution in [1.29, 1.82) is 0 Å². The Morgan fingerprint density at radius 2 is 1.62 bits per heavy atom. The number of piperidine rings is 1. The summed E-state index contributed by atoms with van der Waals surface area (Å²) in [6.07, 6.45) is 14.7. The predicted molar refractivity (Wildman–Crippen MR) is 203 cm³/mol. The van der Waals surface area contributed by atoms with Gasteiger partial charge < -0.3 is 29.5 Å². The first kappa shape index (κ1) is 42.8. The number of esters is 1. The smallest absolute Gasteiger partial charge is 0.414 e. The molecule has 2 aliphatic heterocycles. The summed E-state index contributed by atoms with van der Waals surface area (Å²) in [5, 5.41) is 14.8. The van der Waals surface area contributed by atoms with Crippen molar-refractivity contribution in [3.05, 3.63) is 49.1 Å². The van der Waals surface area contributed by atoms with Gasteiger partial charge in [-0.25, -0.2) is 22.3 Å². The molecule has 2 heterocycles. The van der Waals surface area contributed by atoms with Gasteiger partial charge in [-0.3, -0.25) is 4.79 Å². The van der Waals surface area contributed by atoms with Crippen LogP contribution in [0.5, 0.6) is 5.75 Å². The third-order valence-electron chi connectivity index (χ3n) is 9.25. The van der Waals surface area contributed by atoms with Crippen LogP contribution in [0.4, 0.5) is 11.4 Å². The van der Waals surface area contributed by atoms with E-state index in [0.717, 1.165) is 98.0 Å². The van der Waals surface area contributed by atoms with Gasteiger partial charge in [0.05, 0.1) is 34.9 Å². The minimum absolute atomic E-state index is 0.0487. The van der Waals surface area contributed by atoms with E-state index in [4.69, 9.17) is 29.3 Å². The zero-order chi connectivity index (χ0) is 38.1. The third kappa shape index (κ3) is 13.1. The lowest BCUT2D eigenvalue weighted by Crippen LogP contribution is -2.36. The lowest BCUT2D eigenvalue weighted by Gasteiger charge is -2.36. The van der Waals surface area contributed by atoms with E-state index in [1.54, 1.807) is 27.3 Å². The molecule has 0 aromatic heterocycles. The number of carboxylic acids is 2. The fraction of sp³-hybridized carbons (Fsp3) is 0.553. The van der Waals surface area contributed by atoms with Gasteiger partial charge in [-0.1, -0.05) is 49.6 Å². The molecule has 0 amide bonds. The van der Waals surface area contributed by atoms with Crippen LogP contribution in [-0.4, -0.2) is 99.7 Å². The number of unbranched alkanes of at least 4 members (excludes halogenated alkanes) is 6. The van der Waals surface area contributed by atoms with E-state index < -0.39 is 22.0 Å². The number of rotatable bonds is 19. The van der Waals surface area contributed by atoms with Crippen LogP contribution in [0.15, 0.2) is 63.7 Å². The number of benzene rings is 2. The molecule has 0 spiro atoms. The molecule has 1 fully saturated rings. The van der Waals surface area contributed by atoms with E-state index in [-0.39, 0.29) is 5.97 Å². The summed E-state index contributed by atoms with van der Waals surface area (Å²) >= 11 is 1.51. The van der Waals surface area contributed by atoms with Crippen LogP contribution in [0.1, 0.15) is 77.0 Å². The summed E-state index contributed by atoms with van der Waals surface area (Å²) in [6.45, 7) is 8.14. The van der Waals surface area contributed by atoms with Gasteiger partial charge in [-0.2, -0.15) is 0 Å². The second-order valence-electron chi connectivity index (χ2n) is 13.2. The number of fused-ring (bicyclic) bond motifs is 2. The van der Waals surface area contributed by atoms with E-state index in [1.807, 2.05) is 36.4 Å². The summed E-state index contributed by atoms with van der Waals surface area (Å²) in [5.41, 5.74) is 1.96. The van der Waals surface area contributed by atoms with E-state index in [1.165, 1.54) is 41.8 Å². The first-order chi connectivity index (χ1) is 24.9. The van der Waals surface area contributed by atoms with Gasteiger partial charge in [-0.05, 0) is 94.8 Å². The summed E-state index contributed by atoms with van der Waals surface area (Å²) in [4.78, 5) is 37.3. The number of likely N-dealkylation sites (tertiary alicyclic amines) is 1. The highest BCUT2D eigenvalue weighted by molar-refractivity contribution is 8.00. The number of methoxy groups -OCH3 is 1. The van der Waals surface area contributed by atoms with Gasteiger partial charge in [0.1, 0.15) is 5.75 Å². The highest BCUT2D eigenvalue weighted by Crippen LogP contribution is 2.51. The number of hydrogen-bond donors (Lipinski definition) is 2. The number of carbonyl (C=O) groups is 3. The van der Waals surface area contributed by atoms with Gasteiger partial charge in [-0.15, -0.1) is 6.58 Å². The summed E-state index contributed by atoms with van der Waals surface area (Å²) < 4.78 is 38.8. The Labute approximate surface area is 313 Å². The largest absolute Gasteiger partial charge is 0.497 e. The standard InChI is InChI=1S/C36H53N3O5S2.C2H2O4/c1-5-6-7-8-9-10-11-12-17-35(40)44-27-22-29-20-25-38(26-21-29)23-14-24-39-31-15-13-16-34(46(41,42)37(2)3)36(31)45-33-19-18-30(43-4)28-32(33)39;3-1(4)2(5)6/h5,13,15-16,18-19,28-29H,1,6-12,14,17,20-27H2,2-4H3;(H,3,4)(H,5,6). The van der Waals surface area contributed by atoms with E-state index >= 15 is 0 Å². The molecule has 0 atom stereocenters. The van der Waals surface area contributed by atoms with Gasteiger partial charge >= 0.3 is 17.9 Å². The molecule has 0 saturated carbocycles. The average molecular weight is 762 g/mol. The number of nitrogens with zero attached hydrogens (tertiary/aromatic N) is 3. The highest BCUT2D eigenvalue weighted by Gasteiger charge is 2.31.